The molecule has 0 spiro atoms. The lowest BCUT2D eigenvalue weighted by molar-refractivity contribution is 0.261. The van der Waals surface area contributed by atoms with Gasteiger partial charge in [0.15, 0.2) is 6.33 Å². The van der Waals surface area contributed by atoms with Gasteiger partial charge >= 0.3 is 0 Å². The number of nitrogens with zero attached hydrogens (tertiary/aromatic N) is 4. The van der Waals surface area contributed by atoms with Crippen molar-refractivity contribution in [1.29, 1.82) is 0 Å². The molecule has 100 valence electrons. The molecule has 1 saturated heterocycles. The fourth-order valence-corrected chi connectivity index (χ4v) is 2.81. The van der Waals surface area contributed by atoms with Crippen LogP contribution in [-0.4, -0.2) is 33.3 Å². The van der Waals surface area contributed by atoms with Crippen LogP contribution in [0.15, 0.2) is 30.6 Å². The fraction of sp³-hybridized carbons (Fsp3) is 0.500. The molecule has 1 fully saturated rings. The lowest BCUT2D eigenvalue weighted by atomic mass is 9.87. The zero-order valence-corrected chi connectivity index (χ0v) is 11.2. The molecular formula is C14H19N5. The first-order valence-electron chi connectivity index (χ1n) is 6.84. The average Bonchev–Trinajstić information content (AvgIpc) is 2.96. The molecule has 1 aromatic carbocycles. The van der Waals surface area contributed by atoms with E-state index in [-0.39, 0.29) is 6.04 Å². The number of nitrogens with one attached hydrogen (secondary N) is 1. The van der Waals surface area contributed by atoms with Crippen molar-refractivity contribution in [2.75, 3.05) is 13.1 Å². The summed E-state index contributed by atoms with van der Waals surface area (Å²) in [7, 11) is 0. The Morgan fingerprint density at radius 3 is 2.79 bits per heavy atom. The summed E-state index contributed by atoms with van der Waals surface area (Å²) in [6, 6.07) is 8.83. The number of aromatic nitrogens is 4. The molecule has 2 unspecified atom stereocenters. The molecule has 2 heterocycles. The van der Waals surface area contributed by atoms with E-state index in [4.69, 9.17) is 0 Å². The van der Waals surface area contributed by atoms with Crippen LogP contribution in [-0.2, 0) is 0 Å². The highest BCUT2D eigenvalue weighted by molar-refractivity contribution is 5.25. The molecular weight excluding hydrogens is 238 g/mol. The number of rotatable bonds is 3. The van der Waals surface area contributed by atoms with Gasteiger partial charge in [0.1, 0.15) is 6.04 Å². The van der Waals surface area contributed by atoms with E-state index >= 15 is 0 Å². The van der Waals surface area contributed by atoms with Crippen molar-refractivity contribution < 1.29 is 0 Å². The van der Waals surface area contributed by atoms with Gasteiger partial charge in [-0.25, -0.2) is 0 Å². The third-order valence-electron chi connectivity index (χ3n) is 3.81. The number of hydrogen-bond donors (Lipinski definition) is 1. The third kappa shape index (κ3) is 2.66. The Bertz CT molecular complexity index is 499. The van der Waals surface area contributed by atoms with E-state index in [0.717, 1.165) is 13.1 Å². The molecule has 1 aromatic heterocycles. The normalized spacial score (nSPS) is 21.2. The van der Waals surface area contributed by atoms with Crippen molar-refractivity contribution in [3.63, 3.8) is 0 Å². The molecule has 1 N–H and O–H groups in total. The van der Waals surface area contributed by atoms with Crippen molar-refractivity contribution >= 4 is 0 Å². The summed E-state index contributed by atoms with van der Waals surface area (Å²) < 4.78 is 0. The maximum absolute atomic E-state index is 4.26. The first-order chi connectivity index (χ1) is 9.34. The van der Waals surface area contributed by atoms with E-state index in [2.05, 4.69) is 51.9 Å². The van der Waals surface area contributed by atoms with Gasteiger partial charge in [-0.2, -0.15) is 4.80 Å². The minimum Gasteiger partial charge on any atom is -0.316 e. The molecule has 1 aliphatic rings. The molecule has 5 nitrogen and oxygen atoms in total. The molecule has 3 rings (SSSR count). The molecule has 0 amide bonds. The molecule has 0 bridgehead atoms. The summed E-state index contributed by atoms with van der Waals surface area (Å²) in [4.78, 5) is 1.75. The van der Waals surface area contributed by atoms with Crippen molar-refractivity contribution in [1.82, 2.24) is 25.5 Å². The van der Waals surface area contributed by atoms with Crippen molar-refractivity contribution in [2.24, 2.45) is 5.92 Å². The lowest BCUT2D eigenvalue weighted by Crippen LogP contribution is -2.36. The van der Waals surface area contributed by atoms with Crippen LogP contribution in [0.25, 0.3) is 0 Å². The Kier molecular flexibility index (Phi) is 3.55. The van der Waals surface area contributed by atoms with E-state index in [1.54, 1.807) is 4.80 Å². The molecule has 19 heavy (non-hydrogen) atoms. The Morgan fingerprint density at radius 2 is 2.16 bits per heavy atom. The van der Waals surface area contributed by atoms with Crippen molar-refractivity contribution in [3.8, 4) is 0 Å². The summed E-state index contributed by atoms with van der Waals surface area (Å²) in [6.07, 6.45) is 3.92. The second-order valence-electron chi connectivity index (χ2n) is 5.22. The van der Waals surface area contributed by atoms with Crippen LogP contribution in [0.5, 0.6) is 0 Å². The minimum atomic E-state index is 0.177. The maximum Gasteiger partial charge on any atom is 0.162 e. The van der Waals surface area contributed by atoms with Gasteiger partial charge in [0.25, 0.3) is 0 Å². The van der Waals surface area contributed by atoms with Gasteiger partial charge in [0.05, 0.1) is 0 Å². The van der Waals surface area contributed by atoms with Gasteiger partial charge in [-0.1, -0.05) is 29.8 Å². The van der Waals surface area contributed by atoms with Crippen LogP contribution in [0.4, 0.5) is 0 Å². The minimum absolute atomic E-state index is 0.177. The maximum atomic E-state index is 4.26. The molecule has 0 aliphatic carbocycles. The first kappa shape index (κ1) is 12.3. The van der Waals surface area contributed by atoms with Crippen LogP contribution in [0.1, 0.15) is 30.0 Å². The van der Waals surface area contributed by atoms with Gasteiger partial charge in [0, 0.05) is 6.54 Å². The SMILES string of the molecule is Cc1ccc(C(C2CCCNC2)n2ncnn2)cc1. The number of piperidine rings is 1. The quantitative estimate of drug-likeness (QED) is 0.907. The van der Waals surface area contributed by atoms with Gasteiger partial charge in [-0.3, -0.25) is 0 Å². The molecule has 0 saturated carbocycles. The topological polar surface area (TPSA) is 55.6 Å². The average molecular weight is 257 g/mol. The monoisotopic (exact) mass is 257 g/mol. The van der Waals surface area contributed by atoms with Crippen molar-refractivity contribution in [3.05, 3.63) is 41.7 Å². The highest BCUT2D eigenvalue weighted by atomic mass is 15.6. The summed E-state index contributed by atoms with van der Waals surface area (Å²) >= 11 is 0. The Balaban J connectivity index is 1.93. The van der Waals surface area contributed by atoms with E-state index in [1.807, 2.05) is 0 Å². The van der Waals surface area contributed by atoms with Crippen molar-refractivity contribution in [2.45, 2.75) is 25.8 Å². The highest BCUT2D eigenvalue weighted by Gasteiger charge is 2.28. The zero-order chi connectivity index (χ0) is 13.1. The standard InChI is InChI=1S/C14H19N5/c1-11-4-6-12(7-5-11)14(19-17-10-16-18-19)13-3-2-8-15-9-13/h4-7,10,13-15H,2-3,8-9H2,1H3. The summed E-state index contributed by atoms with van der Waals surface area (Å²) in [5.74, 6) is 0.519. The Morgan fingerprint density at radius 1 is 1.32 bits per heavy atom. The van der Waals surface area contributed by atoms with Crippen LogP contribution in [0.3, 0.4) is 0 Å². The predicted octanol–water partition coefficient (Wildman–Crippen LogP) is 1.57. The van der Waals surface area contributed by atoms with Crippen LogP contribution in [0, 0.1) is 12.8 Å². The van der Waals surface area contributed by atoms with Crippen LogP contribution >= 0.6 is 0 Å². The second kappa shape index (κ2) is 5.48. The van der Waals surface area contributed by atoms with E-state index < -0.39 is 0 Å². The smallest absolute Gasteiger partial charge is 0.162 e. The number of benzene rings is 1. The van der Waals surface area contributed by atoms with E-state index in [9.17, 15) is 0 Å². The van der Waals surface area contributed by atoms with Gasteiger partial charge in [-0.05, 0) is 43.0 Å². The lowest BCUT2D eigenvalue weighted by Gasteiger charge is -2.30. The van der Waals surface area contributed by atoms with Gasteiger partial charge in [-0.15, -0.1) is 10.2 Å². The van der Waals surface area contributed by atoms with E-state index in [0.29, 0.717) is 5.92 Å². The van der Waals surface area contributed by atoms with Gasteiger partial charge < -0.3 is 5.32 Å². The van der Waals surface area contributed by atoms with Crippen LogP contribution < -0.4 is 5.32 Å². The molecule has 0 radical (unpaired) electrons. The highest BCUT2D eigenvalue weighted by Crippen LogP contribution is 2.29. The van der Waals surface area contributed by atoms with E-state index in [1.165, 1.54) is 30.3 Å². The molecule has 2 atom stereocenters. The summed E-state index contributed by atoms with van der Waals surface area (Å²) in [6.45, 7) is 4.23. The summed E-state index contributed by atoms with van der Waals surface area (Å²) in [5, 5.41) is 15.7. The Labute approximate surface area is 113 Å². The molecule has 2 aromatic rings. The summed E-state index contributed by atoms with van der Waals surface area (Å²) in [5.41, 5.74) is 2.54. The number of aryl methyl sites for hydroxylation is 1. The second-order valence-corrected chi connectivity index (χ2v) is 5.22. The third-order valence-corrected chi connectivity index (χ3v) is 3.81. The largest absolute Gasteiger partial charge is 0.316 e. The predicted molar refractivity (Wildman–Crippen MR) is 72.7 cm³/mol. The fourth-order valence-electron chi connectivity index (χ4n) is 2.81. The Hall–Kier alpha value is -1.75. The number of tetrazole rings is 1. The zero-order valence-electron chi connectivity index (χ0n) is 11.2. The van der Waals surface area contributed by atoms with Gasteiger partial charge in [0.2, 0.25) is 0 Å². The first-order valence-corrected chi connectivity index (χ1v) is 6.84. The molecule has 5 heteroatoms. The molecule has 1 aliphatic heterocycles. The number of hydrogen-bond acceptors (Lipinski definition) is 4. The van der Waals surface area contributed by atoms with Crippen LogP contribution in [0.2, 0.25) is 0 Å².